The van der Waals surface area contributed by atoms with Gasteiger partial charge in [0.2, 0.25) is 5.95 Å². The van der Waals surface area contributed by atoms with E-state index in [1.165, 1.54) is 0 Å². The van der Waals surface area contributed by atoms with E-state index in [1.54, 1.807) is 6.20 Å². The maximum absolute atomic E-state index is 10.8. The minimum atomic E-state index is -0.796. The van der Waals surface area contributed by atoms with Crippen molar-refractivity contribution in [1.29, 1.82) is 0 Å². The Labute approximate surface area is 162 Å². The molecule has 0 radical (unpaired) electrons. The quantitative estimate of drug-likeness (QED) is 0.591. The van der Waals surface area contributed by atoms with Gasteiger partial charge in [-0.1, -0.05) is 12.1 Å². The van der Waals surface area contributed by atoms with Gasteiger partial charge in [0.15, 0.2) is 0 Å². The summed E-state index contributed by atoms with van der Waals surface area (Å²) < 4.78 is 1.95. The van der Waals surface area contributed by atoms with Crippen LogP contribution in [0.25, 0.3) is 10.9 Å². The van der Waals surface area contributed by atoms with E-state index in [1.807, 2.05) is 35.0 Å². The maximum Gasteiger partial charge on any atom is 0.220 e. The number of fused-ring (bicyclic) bond motifs is 2. The molecule has 3 aromatic rings. The molecule has 28 heavy (non-hydrogen) atoms. The summed E-state index contributed by atoms with van der Waals surface area (Å²) in [6, 6.07) is 9.70. The van der Waals surface area contributed by atoms with Crippen LogP contribution in [0.5, 0.6) is 0 Å². The lowest BCUT2D eigenvalue weighted by atomic mass is 9.91. The van der Waals surface area contributed by atoms with Crippen LogP contribution < -0.4 is 5.73 Å². The van der Waals surface area contributed by atoms with E-state index in [4.69, 9.17) is 5.73 Å². The molecule has 2 saturated carbocycles. The highest BCUT2D eigenvalue weighted by Gasteiger charge is 2.70. The Balaban J connectivity index is 1.37. The first-order valence-electron chi connectivity index (χ1n) is 9.54. The third-order valence-corrected chi connectivity index (χ3v) is 6.64. The summed E-state index contributed by atoms with van der Waals surface area (Å²) in [6.45, 7) is 3.61. The van der Waals surface area contributed by atoms with Crippen molar-refractivity contribution in [2.24, 2.45) is 16.3 Å². The van der Waals surface area contributed by atoms with E-state index >= 15 is 0 Å². The number of aromatic nitrogens is 3. The summed E-state index contributed by atoms with van der Waals surface area (Å²) in [4.78, 5) is 12.4. The van der Waals surface area contributed by atoms with Gasteiger partial charge in [0.1, 0.15) is 11.9 Å². The lowest BCUT2D eigenvalue weighted by Crippen LogP contribution is -2.34. The number of nitrogens with zero attached hydrogens (tertiary/aromatic N) is 4. The third kappa shape index (κ3) is 2.47. The second kappa shape index (κ2) is 6.12. The van der Waals surface area contributed by atoms with Gasteiger partial charge in [-0.05, 0) is 55.7 Å². The average Bonchev–Trinajstić information content (AvgIpc) is 3.14. The van der Waals surface area contributed by atoms with Crippen LogP contribution in [0, 0.1) is 11.3 Å². The number of aryl methyl sites for hydroxylation is 1. The summed E-state index contributed by atoms with van der Waals surface area (Å²) in [5.41, 5.74) is 7.42. The van der Waals surface area contributed by atoms with Crippen molar-refractivity contribution in [3.63, 3.8) is 0 Å². The van der Waals surface area contributed by atoms with Crippen molar-refractivity contribution in [1.82, 2.24) is 14.5 Å². The Morgan fingerprint density at radius 3 is 3.00 bits per heavy atom. The molecule has 2 aliphatic rings. The van der Waals surface area contributed by atoms with Gasteiger partial charge in [0, 0.05) is 23.2 Å². The zero-order valence-electron chi connectivity index (χ0n) is 15.4. The molecule has 0 amide bonds. The Bertz CT molecular complexity index is 1060. The fourth-order valence-electron chi connectivity index (χ4n) is 5.10. The number of rotatable bonds is 5. The molecular weight excluding hydrogens is 354 g/mol. The molecule has 0 spiro atoms. The summed E-state index contributed by atoms with van der Waals surface area (Å²) in [7, 11) is 0. The van der Waals surface area contributed by atoms with Crippen LogP contribution in [-0.4, -0.2) is 43.7 Å². The average molecular weight is 377 g/mol. The molecule has 5 rings (SSSR count). The van der Waals surface area contributed by atoms with Gasteiger partial charge in [-0.15, -0.1) is 0 Å². The van der Waals surface area contributed by atoms with Gasteiger partial charge in [0.05, 0.1) is 17.7 Å². The Morgan fingerprint density at radius 1 is 1.32 bits per heavy atom. The van der Waals surface area contributed by atoms with Crippen molar-refractivity contribution < 1.29 is 10.2 Å². The van der Waals surface area contributed by atoms with E-state index in [-0.39, 0.29) is 23.3 Å². The predicted octanol–water partition coefficient (Wildman–Crippen LogP) is 2.26. The summed E-state index contributed by atoms with van der Waals surface area (Å²) in [5, 5.41) is 22.5. The molecule has 0 saturated heterocycles. The second-order valence-electron chi connectivity index (χ2n) is 8.02. The highest BCUT2D eigenvalue weighted by Crippen LogP contribution is 2.69. The summed E-state index contributed by atoms with van der Waals surface area (Å²) in [5.74, 6) is 1.23. The van der Waals surface area contributed by atoms with Crippen LogP contribution in [0.1, 0.15) is 24.4 Å². The molecule has 2 aliphatic carbocycles. The van der Waals surface area contributed by atoms with Crippen LogP contribution in [0.3, 0.4) is 0 Å². The van der Waals surface area contributed by atoms with E-state index < -0.39 is 12.2 Å². The Morgan fingerprint density at radius 2 is 2.18 bits per heavy atom. The van der Waals surface area contributed by atoms with Gasteiger partial charge in [-0.25, -0.2) is 15.0 Å². The summed E-state index contributed by atoms with van der Waals surface area (Å²) in [6.07, 6.45) is 4.64. The normalized spacial score (nSPS) is 31.1. The van der Waals surface area contributed by atoms with E-state index in [2.05, 4.69) is 27.7 Å². The minimum absolute atomic E-state index is 0.158. The molecule has 1 aromatic carbocycles. The van der Waals surface area contributed by atoms with Crippen LogP contribution in [0.15, 0.2) is 47.7 Å². The first kappa shape index (κ1) is 17.3. The van der Waals surface area contributed by atoms with Gasteiger partial charge < -0.3 is 20.5 Å². The molecule has 7 nitrogen and oxygen atoms in total. The van der Waals surface area contributed by atoms with Crippen molar-refractivity contribution in [3.8, 4) is 0 Å². The number of hydrogen-bond donors (Lipinski definition) is 3. The largest absolute Gasteiger partial charge is 0.390 e. The van der Waals surface area contributed by atoms with Gasteiger partial charge in [0.25, 0.3) is 0 Å². The molecule has 2 aromatic heterocycles. The first-order chi connectivity index (χ1) is 13.5. The number of aliphatic hydroxyl groups excluding tert-OH is 2. The van der Waals surface area contributed by atoms with Crippen molar-refractivity contribution in [2.45, 2.75) is 37.5 Å². The van der Waals surface area contributed by atoms with Crippen LogP contribution >= 0.6 is 0 Å². The molecule has 7 heteroatoms. The fourth-order valence-corrected chi connectivity index (χ4v) is 5.10. The molecule has 1 unspecified atom stereocenters. The van der Waals surface area contributed by atoms with Gasteiger partial charge >= 0.3 is 0 Å². The lowest BCUT2D eigenvalue weighted by molar-refractivity contribution is -0.0194. The first-order valence-corrected chi connectivity index (χ1v) is 9.54. The third-order valence-electron chi connectivity index (χ3n) is 6.64. The van der Waals surface area contributed by atoms with Crippen molar-refractivity contribution in [3.05, 3.63) is 48.3 Å². The zero-order valence-corrected chi connectivity index (χ0v) is 15.4. The molecule has 2 fully saturated rings. The highest BCUT2D eigenvalue weighted by molar-refractivity contribution is 5.79. The maximum atomic E-state index is 10.8. The lowest BCUT2D eigenvalue weighted by Gasteiger charge is -2.25. The van der Waals surface area contributed by atoms with Crippen LogP contribution in [-0.2, 0) is 6.42 Å². The van der Waals surface area contributed by atoms with Crippen LogP contribution in [0.4, 0.5) is 11.8 Å². The number of hydrogen-bond acceptors (Lipinski definition) is 6. The molecule has 2 heterocycles. The smallest absolute Gasteiger partial charge is 0.220 e. The minimum Gasteiger partial charge on any atom is -0.390 e. The van der Waals surface area contributed by atoms with Crippen molar-refractivity contribution in [2.75, 3.05) is 5.73 Å². The van der Waals surface area contributed by atoms with Crippen molar-refractivity contribution >= 4 is 29.4 Å². The molecule has 0 bridgehead atoms. The van der Waals surface area contributed by atoms with E-state index in [0.717, 1.165) is 41.5 Å². The number of aliphatic hydroxyl groups is 2. The molecular formula is C21H23N5O2. The van der Waals surface area contributed by atoms with Gasteiger partial charge in [-0.2, -0.15) is 0 Å². The van der Waals surface area contributed by atoms with E-state index in [9.17, 15) is 10.2 Å². The van der Waals surface area contributed by atoms with Crippen LogP contribution in [0.2, 0.25) is 0 Å². The number of nitrogens with two attached hydrogens (primary N) is 1. The Kier molecular flexibility index (Phi) is 3.79. The fraction of sp³-hybridized carbons (Fsp3) is 0.381. The molecule has 144 valence electrons. The summed E-state index contributed by atoms with van der Waals surface area (Å²) >= 11 is 0. The van der Waals surface area contributed by atoms with Gasteiger partial charge in [-0.3, -0.25) is 0 Å². The second-order valence-corrected chi connectivity index (χ2v) is 8.02. The topological polar surface area (TPSA) is 110 Å². The highest BCUT2D eigenvalue weighted by atomic mass is 16.3. The number of benzene rings is 1. The Hall–Kier alpha value is -2.77. The standard InChI is InChI=1S/C21H23N5O2/c1-23-16-3-2-8-26(16)17-14-10-21(14,19(28)18(17)27)7-6-12-4-5-13-11-24-20(22)25-15(13)9-12/h2-5,8-9,11,14,17-19,27-28H,1,6-7,10H2,(H2,22,24,25)/t14-,17-,18+,19+,21?/m1/s1. The molecule has 4 N–H and O–H groups in total. The SMILES string of the molecule is C=Nc1cccn1[C@H]1[C@H](O)[C@H](O)C2(CCc3ccc4cnc(N)nc4c3)C[C@H]12. The molecule has 0 aliphatic heterocycles. The number of aliphatic imine (C=N–C) groups is 1. The molecule has 5 atom stereocenters. The van der Waals surface area contributed by atoms with E-state index in [0.29, 0.717) is 0 Å². The predicted molar refractivity (Wildman–Crippen MR) is 108 cm³/mol. The number of nitrogen functional groups attached to an aromatic ring is 1. The zero-order chi connectivity index (χ0) is 19.5. The number of anilines is 1. The monoisotopic (exact) mass is 377 g/mol.